The third kappa shape index (κ3) is 3.53. The number of nitrogens with two attached hydrogens (primary N) is 1. The highest BCUT2D eigenvalue weighted by molar-refractivity contribution is 5.90. The van der Waals surface area contributed by atoms with Crippen molar-refractivity contribution < 1.29 is 4.39 Å². The van der Waals surface area contributed by atoms with Gasteiger partial charge in [0.05, 0.1) is 17.6 Å². The van der Waals surface area contributed by atoms with Crippen LogP contribution in [-0.2, 0) is 0 Å². The van der Waals surface area contributed by atoms with Crippen LogP contribution >= 0.6 is 0 Å². The van der Waals surface area contributed by atoms with Crippen LogP contribution < -0.4 is 11.1 Å². The number of nitrogens with zero attached hydrogens (tertiary/aromatic N) is 1. The zero-order valence-corrected chi connectivity index (χ0v) is 15.1. The van der Waals surface area contributed by atoms with Crippen molar-refractivity contribution >= 4 is 17.6 Å². The fourth-order valence-electron chi connectivity index (χ4n) is 3.12. The summed E-state index contributed by atoms with van der Waals surface area (Å²) < 4.78 is 13.7. The first kappa shape index (κ1) is 17.2. The van der Waals surface area contributed by atoms with E-state index < -0.39 is 0 Å². The van der Waals surface area contributed by atoms with Crippen molar-refractivity contribution in [2.45, 2.75) is 25.8 Å². The second-order valence-corrected chi connectivity index (χ2v) is 6.99. The number of rotatable bonds is 5. The SMILES string of the molecule is Cc1cc(-c2ncc(NC3CC3)cc2-c2ccc(N)c(C=N)c2)ccc1F. The second-order valence-electron chi connectivity index (χ2n) is 6.99. The Morgan fingerprint density at radius 2 is 1.93 bits per heavy atom. The van der Waals surface area contributed by atoms with Crippen molar-refractivity contribution in [3.05, 3.63) is 65.6 Å². The average molecular weight is 360 g/mol. The fraction of sp³-hybridized carbons (Fsp3) is 0.182. The molecule has 4 rings (SSSR count). The molecule has 0 bridgehead atoms. The zero-order valence-electron chi connectivity index (χ0n) is 15.1. The van der Waals surface area contributed by atoms with Crippen molar-refractivity contribution in [2.24, 2.45) is 0 Å². The number of hydrogen-bond donors (Lipinski definition) is 3. The Balaban J connectivity index is 1.87. The van der Waals surface area contributed by atoms with Crippen molar-refractivity contribution in [1.82, 2.24) is 4.98 Å². The first-order chi connectivity index (χ1) is 13.0. The summed E-state index contributed by atoms with van der Waals surface area (Å²) in [5.41, 5.74) is 12.2. The molecule has 1 heterocycles. The van der Waals surface area contributed by atoms with Crippen molar-refractivity contribution in [3.63, 3.8) is 0 Å². The topological polar surface area (TPSA) is 74.8 Å². The van der Waals surface area contributed by atoms with E-state index in [9.17, 15) is 4.39 Å². The Morgan fingerprint density at radius 3 is 2.63 bits per heavy atom. The zero-order chi connectivity index (χ0) is 19.0. The maximum Gasteiger partial charge on any atom is 0.126 e. The van der Waals surface area contributed by atoms with E-state index in [1.54, 1.807) is 19.1 Å². The summed E-state index contributed by atoms with van der Waals surface area (Å²) in [7, 11) is 0. The maximum absolute atomic E-state index is 13.7. The first-order valence-corrected chi connectivity index (χ1v) is 8.98. The maximum atomic E-state index is 13.7. The fourth-order valence-corrected chi connectivity index (χ4v) is 3.12. The molecule has 2 aromatic carbocycles. The molecule has 0 saturated heterocycles. The number of nitrogen functional groups attached to an aromatic ring is 1. The van der Waals surface area contributed by atoms with Gasteiger partial charge in [0, 0.05) is 34.6 Å². The van der Waals surface area contributed by atoms with Crippen LogP contribution in [0.3, 0.4) is 0 Å². The molecule has 0 spiro atoms. The lowest BCUT2D eigenvalue weighted by Crippen LogP contribution is -2.02. The van der Waals surface area contributed by atoms with Crippen LogP contribution in [-0.4, -0.2) is 17.2 Å². The number of hydrogen-bond acceptors (Lipinski definition) is 4. The summed E-state index contributed by atoms with van der Waals surface area (Å²) in [5, 5.41) is 11.1. The summed E-state index contributed by atoms with van der Waals surface area (Å²) in [6.45, 7) is 1.75. The van der Waals surface area contributed by atoms with Crippen LogP contribution in [0.4, 0.5) is 15.8 Å². The first-order valence-electron chi connectivity index (χ1n) is 8.98. The van der Waals surface area contributed by atoms with Crippen LogP contribution in [0.15, 0.2) is 48.7 Å². The van der Waals surface area contributed by atoms with E-state index in [-0.39, 0.29) is 5.82 Å². The molecule has 0 atom stereocenters. The summed E-state index contributed by atoms with van der Waals surface area (Å²) in [6.07, 6.45) is 5.42. The van der Waals surface area contributed by atoms with Crippen LogP contribution in [0.2, 0.25) is 0 Å². The number of benzene rings is 2. The molecule has 136 valence electrons. The molecule has 0 aliphatic heterocycles. The lowest BCUT2D eigenvalue weighted by molar-refractivity contribution is 0.619. The monoisotopic (exact) mass is 360 g/mol. The standard InChI is InChI=1S/C22H21FN4/c1-13-8-15(2-6-20(13)23)22-19(10-18(12-26-22)27-17-4-5-17)14-3-7-21(25)16(9-14)11-24/h2-3,6-12,17,24,27H,4-5,25H2,1H3. The Bertz CT molecular complexity index is 1020. The minimum atomic E-state index is -0.231. The van der Waals surface area contributed by atoms with Gasteiger partial charge in [-0.2, -0.15) is 0 Å². The van der Waals surface area contributed by atoms with Crippen LogP contribution in [0.1, 0.15) is 24.0 Å². The van der Waals surface area contributed by atoms with Gasteiger partial charge in [0.25, 0.3) is 0 Å². The van der Waals surface area contributed by atoms with Gasteiger partial charge in [0.2, 0.25) is 0 Å². The predicted octanol–water partition coefficient (Wildman–Crippen LogP) is 5.02. The summed E-state index contributed by atoms with van der Waals surface area (Å²) in [6, 6.07) is 13.2. The smallest absolute Gasteiger partial charge is 0.126 e. The highest BCUT2D eigenvalue weighted by Crippen LogP contribution is 2.35. The molecular formula is C22H21FN4. The molecule has 1 saturated carbocycles. The molecule has 0 amide bonds. The number of aromatic nitrogens is 1. The molecule has 27 heavy (non-hydrogen) atoms. The van der Waals surface area contributed by atoms with E-state index in [2.05, 4.69) is 16.4 Å². The lowest BCUT2D eigenvalue weighted by Gasteiger charge is -2.14. The number of nitrogens with one attached hydrogen (secondary N) is 2. The predicted molar refractivity (Wildman–Crippen MR) is 109 cm³/mol. The van der Waals surface area contributed by atoms with Crippen molar-refractivity contribution in [1.29, 1.82) is 5.41 Å². The molecule has 1 aliphatic carbocycles. The van der Waals surface area contributed by atoms with Gasteiger partial charge in [-0.15, -0.1) is 0 Å². The van der Waals surface area contributed by atoms with Crippen LogP contribution in [0.5, 0.6) is 0 Å². The van der Waals surface area contributed by atoms with Gasteiger partial charge in [-0.05, 0) is 67.3 Å². The van der Waals surface area contributed by atoms with Gasteiger partial charge in [0.1, 0.15) is 5.82 Å². The Labute approximate surface area is 157 Å². The van der Waals surface area contributed by atoms with Gasteiger partial charge in [-0.1, -0.05) is 6.07 Å². The Kier molecular flexibility index (Phi) is 4.36. The van der Waals surface area contributed by atoms with Crippen LogP contribution in [0.25, 0.3) is 22.4 Å². The molecule has 0 unspecified atom stereocenters. The summed E-state index contributed by atoms with van der Waals surface area (Å²) in [5.74, 6) is -0.231. The third-order valence-electron chi connectivity index (χ3n) is 4.82. The summed E-state index contributed by atoms with van der Waals surface area (Å²) >= 11 is 0. The van der Waals surface area contributed by atoms with Crippen molar-refractivity contribution in [2.75, 3.05) is 11.1 Å². The molecule has 4 nitrogen and oxygen atoms in total. The number of aryl methyl sites for hydroxylation is 1. The van der Waals surface area contributed by atoms with E-state index in [1.807, 2.05) is 24.4 Å². The molecule has 3 aromatic rings. The molecule has 4 N–H and O–H groups in total. The molecular weight excluding hydrogens is 339 g/mol. The van der Waals surface area contributed by atoms with Gasteiger partial charge in [-0.25, -0.2) is 4.39 Å². The van der Waals surface area contributed by atoms with E-state index >= 15 is 0 Å². The largest absolute Gasteiger partial charge is 0.398 e. The van der Waals surface area contributed by atoms with Crippen molar-refractivity contribution in [3.8, 4) is 22.4 Å². The van der Waals surface area contributed by atoms with Gasteiger partial charge in [-0.3, -0.25) is 4.98 Å². The molecule has 1 aliphatic rings. The minimum absolute atomic E-state index is 0.231. The van der Waals surface area contributed by atoms with E-state index in [4.69, 9.17) is 11.1 Å². The van der Waals surface area contributed by atoms with Gasteiger partial charge < -0.3 is 16.5 Å². The molecule has 1 aromatic heterocycles. The minimum Gasteiger partial charge on any atom is -0.398 e. The lowest BCUT2D eigenvalue weighted by atomic mass is 9.96. The third-order valence-corrected chi connectivity index (χ3v) is 4.82. The number of halogens is 1. The Morgan fingerprint density at radius 1 is 1.15 bits per heavy atom. The summed E-state index contributed by atoms with van der Waals surface area (Å²) in [4.78, 5) is 4.68. The van der Waals surface area contributed by atoms with E-state index in [1.165, 1.54) is 25.1 Å². The number of pyridine rings is 1. The average Bonchev–Trinajstić information content (AvgIpc) is 3.48. The van der Waals surface area contributed by atoms with E-state index in [0.29, 0.717) is 22.9 Å². The molecule has 0 radical (unpaired) electrons. The van der Waals surface area contributed by atoms with E-state index in [0.717, 1.165) is 28.1 Å². The number of anilines is 2. The van der Waals surface area contributed by atoms with Crippen LogP contribution in [0, 0.1) is 18.2 Å². The molecule has 1 fully saturated rings. The van der Waals surface area contributed by atoms with Gasteiger partial charge in [0.15, 0.2) is 0 Å². The highest BCUT2D eigenvalue weighted by atomic mass is 19.1. The highest BCUT2D eigenvalue weighted by Gasteiger charge is 2.21. The quantitative estimate of drug-likeness (QED) is 0.442. The Hall–Kier alpha value is -3.21. The normalized spacial score (nSPS) is 13.4. The second kappa shape index (κ2) is 6.83. The molecule has 5 heteroatoms. The van der Waals surface area contributed by atoms with Gasteiger partial charge >= 0.3 is 0 Å².